The zero-order valence-electron chi connectivity index (χ0n) is 15.6. The number of nitrogens with one attached hydrogen (secondary N) is 1. The fraction of sp³-hybridized carbons (Fsp3) is 0.409. The Morgan fingerprint density at radius 3 is 2.68 bits per heavy atom. The van der Waals surface area contributed by atoms with Gasteiger partial charge in [0.2, 0.25) is 0 Å². The predicted molar refractivity (Wildman–Crippen MR) is 107 cm³/mol. The molecule has 0 aliphatic heterocycles. The van der Waals surface area contributed by atoms with Gasteiger partial charge in [0.25, 0.3) is 0 Å². The lowest BCUT2D eigenvalue weighted by molar-refractivity contribution is 0.738. The monoisotopic (exact) mass is 335 g/mol. The van der Waals surface area contributed by atoms with Crippen LogP contribution in [-0.4, -0.2) is 16.5 Å². The Morgan fingerprint density at radius 2 is 2.00 bits per heavy atom. The van der Waals surface area contributed by atoms with E-state index in [9.17, 15) is 0 Å². The number of aromatic nitrogens is 2. The van der Waals surface area contributed by atoms with Gasteiger partial charge in [-0.2, -0.15) is 0 Å². The molecule has 3 nitrogen and oxygen atoms in total. The Labute approximate surface area is 150 Å². The molecule has 132 valence electrons. The molecular formula is C22H29N3. The number of aromatic amines is 1. The Balaban J connectivity index is 2.16. The van der Waals surface area contributed by atoms with E-state index in [0.29, 0.717) is 5.92 Å². The molecule has 0 amide bonds. The van der Waals surface area contributed by atoms with Crippen LogP contribution in [0.5, 0.6) is 0 Å². The van der Waals surface area contributed by atoms with Gasteiger partial charge in [0, 0.05) is 17.1 Å². The smallest absolute Gasteiger partial charge is 0.0867 e. The number of hydrogen-bond donors (Lipinski definition) is 2. The van der Waals surface area contributed by atoms with Gasteiger partial charge in [0.1, 0.15) is 0 Å². The maximum absolute atomic E-state index is 5.71. The van der Waals surface area contributed by atoms with Gasteiger partial charge < -0.3 is 10.7 Å². The van der Waals surface area contributed by atoms with Crippen LogP contribution in [0, 0.1) is 6.92 Å². The maximum atomic E-state index is 5.71. The van der Waals surface area contributed by atoms with Crippen molar-refractivity contribution in [1.82, 2.24) is 9.97 Å². The van der Waals surface area contributed by atoms with Crippen molar-refractivity contribution in [2.45, 2.75) is 52.4 Å². The fourth-order valence-electron chi connectivity index (χ4n) is 3.47. The first-order valence-corrected chi connectivity index (χ1v) is 9.42. The summed E-state index contributed by atoms with van der Waals surface area (Å²) in [6.07, 6.45) is 6.28. The number of benzene rings is 1. The lowest BCUT2D eigenvalue weighted by Gasteiger charge is -2.10. The SMILES string of the molecule is CCC(C)c1cccc2c(CCCCN)c(-c3ccc(C)cn3)[nH]c12. The summed E-state index contributed by atoms with van der Waals surface area (Å²) >= 11 is 0. The Hall–Kier alpha value is -2.13. The molecule has 0 saturated carbocycles. The molecule has 0 aliphatic rings. The summed E-state index contributed by atoms with van der Waals surface area (Å²) in [6.45, 7) is 7.37. The van der Waals surface area contributed by atoms with E-state index < -0.39 is 0 Å². The highest BCUT2D eigenvalue weighted by Crippen LogP contribution is 2.35. The quantitative estimate of drug-likeness (QED) is 0.573. The zero-order chi connectivity index (χ0) is 17.8. The van der Waals surface area contributed by atoms with E-state index in [1.165, 1.54) is 33.3 Å². The third kappa shape index (κ3) is 3.62. The second-order valence-corrected chi connectivity index (χ2v) is 7.02. The second-order valence-electron chi connectivity index (χ2n) is 7.02. The van der Waals surface area contributed by atoms with Gasteiger partial charge >= 0.3 is 0 Å². The number of hydrogen-bond acceptors (Lipinski definition) is 2. The molecule has 0 spiro atoms. The maximum Gasteiger partial charge on any atom is 0.0867 e. The fourth-order valence-corrected chi connectivity index (χ4v) is 3.47. The van der Waals surface area contributed by atoms with Crippen LogP contribution in [0.1, 0.15) is 55.7 Å². The van der Waals surface area contributed by atoms with Crippen molar-refractivity contribution in [3.63, 3.8) is 0 Å². The molecule has 25 heavy (non-hydrogen) atoms. The van der Waals surface area contributed by atoms with Gasteiger partial charge in [0.15, 0.2) is 0 Å². The average molecular weight is 335 g/mol. The first-order chi connectivity index (χ1) is 12.2. The number of para-hydroxylation sites is 1. The number of fused-ring (bicyclic) bond motifs is 1. The highest BCUT2D eigenvalue weighted by molar-refractivity contribution is 5.92. The van der Waals surface area contributed by atoms with E-state index in [1.807, 2.05) is 6.20 Å². The van der Waals surface area contributed by atoms with Crippen LogP contribution in [0.3, 0.4) is 0 Å². The van der Waals surface area contributed by atoms with E-state index in [4.69, 9.17) is 5.73 Å². The van der Waals surface area contributed by atoms with Crippen LogP contribution in [0.2, 0.25) is 0 Å². The summed E-state index contributed by atoms with van der Waals surface area (Å²) in [5, 5.41) is 1.34. The number of rotatable bonds is 7. The third-order valence-electron chi connectivity index (χ3n) is 5.17. The molecule has 3 rings (SSSR count). The first kappa shape index (κ1) is 17.7. The van der Waals surface area contributed by atoms with Gasteiger partial charge in [0.05, 0.1) is 11.4 Å². The third-order valence-corrected chi connectivity index (χ3v) is 5.17. The van der Waals surface area contributed by atoms with E-state index in [0.717, 1.165) is 37.9 Å². The van der Waals surface area contributed by atoms with Gasteiger partial charge in [-0.15, -0.1) is 0 Å². The Kier molecular flexibility index (Phi) is 5.54. The van der Waals surface area contributed by atoms with Gasteiger partial charge in [-0.1, -0.05) is 38.1 Å². The number of nitrogens with two attached hydrogens (primary N) is 1. The minimum atomic E-state index is 0.540. The number of H-pyrrole nitrogens is 1. The Bertz CT molecular complexity index is 830. The van der Waals surface area contributed by atoms with Crippen LogP contribution < -0.4 is 5.73 Å². The molecule has 0 bridgehead atoms. The number of nitrogens with zero attached hydrogens (tertiary/aromatic N) is 1. The van der Waals surface area contributed by atoms with Crippen molar-refractivity contribution in [3.05, 3.63) is 53.2 Å². The Morgan fingerprint density at radius 1 is 1.16 bits per heavy atom. The largest absolute Gasteiger partial charge is 0.353 e. The van der Waals surface area contributed by atoms with Crippen LogP contribution in [0.25, 0.3) is 22.3 Å². The highest BCUT2D eigenvalue weighted by Gasteiger charge is 2.17. The second kappa shape index (κ2) is 7.83. The van der Waals surface area contributed by atoms with Crippen LogP contribution in [-0.2, 0) is 6.42 Å². The predicted octanol–water partition coefficient (Wildman–Crippen LogP) is 5.33. The number of pyridine rings is 1. The summed E-state index contributed by atoms with van der Waals surface area (Å²) in [5.41, 5.74) is 13.1. The molecule has 1 atom stereocenters. The van der Waals surface area contributed by atoms with Crippen LogP contribution in [0.15, 0.2) is 36.5 Å². The molecule has 0 aliphatic carbocycles. The molecule has 2 heterocycles. The average Bonchev–Trinajstić information content (AvgIpc) is 3.00. The molecule has 1 unspecified atom stereocenters. The van der Waals surface area contributed by atoms with Gasteiger partial charge in [-0.25, -0.2) is 0 Å². The highest BCUT2D eigenvalue weighted by atomic mass is 14.8. The number of unbranched alkanes of at least 4 members (excludes halogenated alkanes) is 1. The van der Waals surface area contributed by atoms with Gasteiger partial charge in [-0.05, 0) is 67.8 Å². The number of aryl methyl sites for hydroxylation is 2. The van der Waals surface area contributed by atoms with Crippen molar-refractivity contribution in [1.29, 1.82) is 0 Å². The van der Waals surface area contributed by atoms with Gasteiger partial charge in [-0.3, -0.25) is 4.98 Å². The summed E-state index contributed by atoms with van der Waals surface area (Å²) in [6, 6.07) is 10.9. The lowest BCUT2D eigenvalue weighted by Crippen LogP contribution is -1.99. The van der Waals surface area contributed by atoms with Crippen molar-refractivity contribution < 1.29 is 0 Å². The summed E-state index contributed by atoms with van der Waals surface area (Å²) in [5.74, 6) is 0.540. The summed E-state index contributed by atoms with van der Waals surface area (Å²) in [4.78, 5) is 8.39. The van der Waals surface area contributed by atoms with E-state index in [2.05, 4.69) is 61.1 Å². The van der Waals surface area contributed by atoms with E-state index >= 15 is 0 Å². The molecule has 0 fully saturated rings. The van der Waals surface area contributed by atoms with Crippen LogP contribution in [0.4, 0.5) is 0 Å². The normalized spacial score (nSPS) is 12.6. The van der Waals surface area contributed by atoms with Crippen molar-refractivity contribution in [2.24, 2.45) is 5.73 Å². The first-order valence-electron chi connectivity index (χ1n) is 9.42. The standard InChI is InChI=1S/C22H29N3/c1-4-16(3)17-9-7-10-18-19(8-5-6-13-23)22(25-21(17)18)20-12-11-15(2)14-24-20/h7,9-12,14,16,25H,4-6,8,13,23H2,1-3H3. The molecule has 3 aromatic rings. The molecule has 3 N–H and O–H groups in total. The summed E-state index contributed by atoms with van der Waals surface area (Å²) in [7, 11) is 0. The molecule has 2 aromatic heterocycles. The zero-order valence-corrected chi connectivity index (χ0v) is 15.6. The minimum Gasteiger partial charge on any atom is -0.353 e. The molecular weight excluding hydrogens is 306 g/mol. The van der Waals surface area contributed by atoms with E-state index in [-0.39, 0.29) is 0 Å². The summed E-state index contributed by atoms with van der Waals surface area (Å²) < 4.78 is 0. The minimum absolute atomic E-state index is 0.540. The van der Waals surface area contributed by atoms with E-state index in [1.54, 1.807) is 0 Å². The topological polar surface area (TPSA) is 54.7 Å². The van der Waals surface area contributed by atoms with Crippen molar-refractivity contribution >= 4 is 10.9 Å². The van der Waals surface area contributed by atoms with Crippen molar-refractivity contribution in [3.8, 4) is 11.4 Å². The molecule has 0 saturated heterocycles. The lowest BCUT2D eigenvalue weighted by atomic mass is 9.95. The van der Waals surface area contributed by atoms with Crippen LogP contribution >= 0.6 is 0 Å². The molecule has 1 aromatic carbocycles. The van der Waals surface area contributed by atoms with Crippen molar-refractivity contribution in [2.75, 3.05) is 6.54 Å². The molecule has 0 radical (unpaired) electrons. The molecule has 3 heteroatoms.